The van der Waals surface area contributed by atoms with E-state index in [4.69, 9.17) is 0 Å². The maximum absolute atomic E-state index is 12.9. The number of sulfonamides is 1. The average Bonchev–Trinajstić information content (AvgIpc) is 3.18. The van der Waals surface area contributed by atoms with Crippen molar-refractivity contribution in [1.29, 1.82) is 0 Å². The molecule has 2 aromatic rings. The predicted molar refractivity (Wildman–Crippen MR) is 83.1 cm³/mol. The van der Waals surface area contributed by atoms with Crippen molar-refractivity contribution in [3.8, 4) is 0 Å². The summed E-state index contributed by atoms with van der Waals surface area (Å²) in [5, 5.41) is 0. The molecule has 1 unspecified atom stereocenters. The van der Waals surface area contributed by atoms with Gasteiger partial charge in [-0.1, -0.05) is 12.1 Å². The van der Waals surface area contributed by atoms with Crippen molar-refractivity contribution in [2.45, 2.75) is 30.7 Å². The van der Waals surface area contributed by atoms with Gasteiger partial charge in [0.1, 0.15) is 0 Å². The molecule has 22 heavy (non-hydrogen) atoms. The second-order valence-corrected chi connectivity index (χ2v) is 7.37. The topological polar surface area (TPSA) is 70.2 Å². The lowest BCUT2D eigenvalue weighted by Crippen LogP contribution is -2.31. The lowest BCUT2D eigenvalue weighted by Gasteiger charge is -2.23. The van der Waals surface area contributed by atoms with Crippen molar-refractivity contribution in [3.63, 3.8) is 0 Å². The first kappa shape index (κ1) is 15.0. The highest BCUT2D eigenvalue weighted by Crippen LogP contribution is 2.35. The number of carbonyl (C=O) groups is 1. The van der Waals surface area contributed by atoms with Crippen molar-refractivity contribution < 1.29 is 13.2 Å². The van der Waals surface area contributed by atoms with Gasteiger partial charge in [0.25, 0.3) is 0 Å². The van der Waals surface area contributed by atoms with Crippen LogP contribution in [0.4, 0.5) is 0 Å². The van der Waals surface area contributed by atoms with Crippen LogP contribution in [-0.4, -0.2) is 30.0 Å². The lowest BCUT2D eigenvalue weighted by atomic mass is 10.2. The highest BCUT2D eigenvalue weighted by Gasteiger charge is 2.36. The quantitative estimate of drug-likeness (QED) is 0.881. The highest BCUT2D eigenvalue weighted by atomic mass is 32.2. The minimum Gasteiger partial charge on any atom is -0.364 e. The van der Waals surface area contributed by atoms with E-state index in [-0.39, 0.29) is 16.7 Å². The normalized spacial score (nSPS) is 19.4. The number of ketones is 1. The molecule has 6 heteroatoms. The van der Waals surface area contributed by atoms with Crippen LogP contribution >= 0.6 is 0 Å². The summed E-state index contributed by atoms with van der Waals surface area (Å²) in [4.78, 5) is 14.8. The fourth-order valence-electron chi connectivity index (χ4n) is 2.90. The van der Waals surface area contributed by atoms with Gasteiger partial charge in [0.15, 0.2) is 5.78 Å². The van der Waals surface area contributed by atoms with Crippen LogP contribution in [0.1, 0.15) is 41.9 Å². The standard InChI is InChI=1S/C16H18N2O3S/c1-12(19)13-5-2-6-14(11-13)22(20,21)18-10-4-8-16(18)15-7-3-9-17-15/h2-3,5-7,9,11,16-17H,4,8,10H2,1H3. The fourth-order valence-corrected chi connectivity index (χ4v) is 4.62. The third kappa shape index (κ3) is 2.60. The summed E-state index contributed by atoms with van der Waals surface area (Å²) in [6, 6.07) is 9.87. The van der Waals surface area contributed by atoms with Crippen molar-refractivity contribution in [2.75, 3.05) is 6.54 Å². The summed E-state index contributed by atoms with van der Waals surface area (Å²) < 4.78 is 27.4. The minimum atomic E-state index is -3.61. The van der Waals surface area contributed by atoms with Crippen LogP contribution in [0.3, 0.4) is 0 Å². The molecule has 1 aliphatic heterocycles. The van der Waals surface area contributed by atoms with Gasteiger partial charge in [-0.3, -0.25) is 4.79 Å². The van der Waals surface area contributed by atoms with Gasteiger partial charge < -0.3 is 4.98 Å². The molecular weight excluding hydrogens is 300 g/mol. The maximum Gasteiger partial charge on any atom is 0.243 e. The van der Waals surface area contributed by atoms with Crippen molar-refractivity contribution >= 4 is 15.8 Å². The van der Waals surface area contributed by atoms with Gasteiger partial charge in [0.05, 0.1) is 10.9 Å². The zero-order valence-electron chi connectivity index (χ0n) is 12.3. The monoisotopic (exact) mass is 318 g/mol. The molecule has 0 aliphatic carbocycles. The molecular formula is C16H18N2O3S. The van der Waals surface area contributed by atoms with Gasteiger partial charge in [0.2, 0.25) is 10.0 Å². The van der Waals surface area contributed by atoms with E-state index in [1.165, 1.54) is 17.3 Å². The number of hydrogen-bond donors (Lipinski definition) is 1. The molecule has 3 rings (SSSR count). The molecule has 0 spiro atoms. The van der Waals surface area contributed by atoms with Crippen LogP contribution in [0.5, 0.6) is 0 Å². The summed E-state index contributed by atoms with van der Waals surface area (Å²) in [7, 11) is -3.61. The van der Waals surface area contributed by atoms with E-state index in [0.717, 1.165) is 18.5 Å². The number of nitrogens with one attached hydrogen (secondary N) is 1. The summed E-state index contributed by atoms with van der Waals surface area (Å²) in [6.45, 7) is 1.93. The van der Waals surface area contributed by atoms with Crippen LogP contribution in [0.15, 0.2) is 47.5 Å². The maximum atomic E-state index is 12.9. The molecule has 1 N–H and O–H groups in total. The average molecular weight is 318 g/mol. The fraction of sp³-hybridized carbons (Fsp3) is 0.312. The molecule has 1 saturated heterocycles. The van der Waals surface area contributed by atoms with E-state index >= 15 is 0 Å². The Morgan fingerprint density at radius 2 is 2.09 bits per heavy atom. The van der Waals surface area contributed by atoms with Crippen LogP contribution in [0, 0.1) is 0 Å². The number of aromatic amines is 1. The molecule has 0 bridgehead atoms. The predicted octanol–water partition coefficient (Wildman–Crippen LogP) is 2.74. The van der Waals surface area contributed by atoms with E-state index in [1.807, 2.05) is 12.1 Å². The zero-order chi connectivity index (χ0) is 15.7. The first-order chi connectivity index (χ1) is 10.5. The summed E-state index contributed by atoms with van der Waals surface area (Å²) in [5.74, 6) is -0.139. The van der Waals surface area contributed by atoms with Gasteiger partial charge in [0, 0.05) is 24.0 Å². The number of benzene rings is 1. The minimum absolute atomic E-state index is 0.139. The zero-order valence-corrected chi connectivity index (χ0v) is 13.1. The second-order valence-electron chi connectivity index (χ2n) is 5.48. The van der Waals surface area contributed by atoms with Crippen LogP contribution < -0.4 is 0 Å². The van der Waals surface area contributed by atoms with Gasteiger partial charge in [-0.2, -0.15) is 4.31 Å². The SMILES string of the molecule is CC(=O)c1cccc(S(=O)(=O)N2CCCC2c2ccc[nH]2)c1. The Bertz CT molecular complexity index is 781. The molecule has 1 aromatic carbocycles. The number of rotatable bonds is 4. The van der Waals surface area contributed by atoms with Crippen LogP contribution in [0.25, 0.3) is 0 Å². The molecule has 1 aliphatic rings. The Morgan fingerprint density at radius 3 is 2.77 bits per heavy atom. The van der Waals surface area contributed by atoms with Crippen molar-refractivity contribution in [3.05, 3.63) is 53.9 Å². The first-order valence-electron chi connectivity index (χ1n) is 7.26. The second kappa shape index (κ2) is 5.70. The van der Waals surface area contributed by atoms with E-state index in [9.17, 15) is 13.2 Å². The summed E-state index contributed by atoms with van der Waals surface area (Å²) in [6.07, 6.45) is 3.43. The van der Waals surface area contributed by atoms with Crippen molar-refractivity contribution in [1.82, 2.24) is 9.29 Å². The lowest BCUT2D eigenvalue weighted by molar-refractivity contribution is 0.101. The Kier molecular flexibility index (Phi) is 3.88. The van der Waals surface area contributed by atoms with E-state index in [1.54, 1.807) is 24.4 Å². The summed E-state index contributed by atoms with van der Waals surface area (Å²) >= 11 is 0. The number of nitrogens with zero attached hydrogens (tertiary/aromatic N) is 1. The first-order valence-corrected chi connectivity index (χ1v) is 8.70. The number of carbonyl (C=O) groups excluding carboxylic acids is 1. The molecule has 0 radical (unpaired) electrons. The van der Waals surface area contributed by atoms with Crippen LogP contribution in [0.2, 0.25) is 0 Å². The molecule has 0 saturated carbocycles. The molecule has 0 amide bonds. The number of aromatic nitrogens is 1. The third-order valence-electron chi connectivity index (χ3n) is 4.03. The van der Waals surface area contributed by atoms with Gasteiger partial charge in [-0.25, -0.2) is 8.42 Å². The van der Waals surface area contributed by atoms with Gasteiger partial charge in [-0.05, 0) is 44.0 Å². The third-order valence-corrected chi connectivity index (χ3v) is 5.94. The Balaban J connectivity index is 1.99. The number of hydrogen-bond acceptors (Lipinski definition) is 3. The van der Waals surface area contributed by atoms with E-state index < -0.39 is 10.0 Å². The molecule has 2 heterocycles. The molecule has 116 valence electrons. The Hall–Kier alpha value is -1.92. The largest absolute Gasteiger partial charge is 0.364 e. The Morgan fingerprint density at radius 1 is 1.27 bits per heavy atom. The van der Waals surface area contributed by atoms with E-state index in [0.29, 0.717) is 12.1 Å². The molecule has 1 aromatic heterocycles. The molecule has 1 fully saturated rings. The Labute approximate surface area is 130 Å². The van der Waals surface area contributed by atoms with Crippen LogP contribution in [-0.2, 0) is 10.0 Å². The molecule has 5 nitrogen and oxygen atoms in total. The number of H-pyrrole nitrogens is 1. The van der Waals surface area contributed by atoms with Gasteiger partial charge in [-0.15, -0.1) is 0 Å². The highest BCUT2D eigenvalue weighted by molar-refractivity contribution is 7.89. The van der Waals surface area contributed by atoms with Crippen molar-refractivity contribution in [2.24, 2.45) is 0 Å². The summed E-state index contributed by atoms with van der Waals surface area (Å²) in [5.41, 5.74) is 1.32. The number of Topliss-reactive ketones (excluding diaryl/α,β-unsaturated/α-hetero) is 1. The van der Waals surface area contributed by atoms with Gasteiger partial charge >= 0.3 is 0 Å². The van der Waals surface area contributed by atoms with E-state index in [2.05, 4.69) is 4.98 Å². The smallest absolute Gasteiger partial charge is 0.243 e. The molecule has 1 atom stereocenters.